The van der Waals surface area contributed by atoms with Crippen molar-refractivity contribution in [3.8, 4) is 0 Å². The van der Waals surface area contributed by atoms with Crippen LogP contribution in [0.4, 0.5) is 0 Å². The highest BCUT2D eigenvalue weighted by Crippen LogP contribution is 2.14. The van der Waals surface area contributed by atoms with Crippen LogP contribution in [-0.2, 0) is 13.0 Å². The molecular formula is C22H27ClN2O. The molecule has 0 bridgehead atoms. The van der Waals surface area contributed by atoms with Crippen molar-refractivity contribution in [2.75, 3.05) is 19.6 Å². The highest BCUT2D eigenvalue weighted by Gasteiger charge is 2.11. The first-order valence-corrected chi connectivity index (χ1v) is 9.92. The maximum Gasteiger partial charge on any atom is 0.251 e. The van der Waals surface area contributed by atoms with Crippen LogP contribution in [-0.4, -0.2) is 30.4 Å². The minimum absolute atomic E-state index is 0.00521. The lowest BCUT2D eigenvalue weighted by Gasteiger charge is -2.26. The van der Waals surface area contributed by atoms with E-state index in [0.29, 0.717) is 6.54 Å². The summed E-state index contributed by atoms with van der Waals surface area (Å²) in [5.74, 6) is 0.00521. The molecule has 0 atom stereocenters. The molecule has 2 aromatic carbocycles. The molecule has 1 heterocycles. The van der Waals surface area contributed by atoms with Gasteiger partial charge in [-0.05, 0) is 74.2 Å². The van der Waals surface area contributed by atoms with Crippen molar-refractivity contribution < 1.29 is 4.79 Å². The van der Waals surface area contributed by atoms with E-state index < -0.39 is 0 Å². The molecule has 0 unspecified atom stereocenters. The van der Waals surface area contributed by atoms with E-state index in [2.05, 4.69) is 22.3 Å². The highest BCUT2D eigenvalue weighted by molar-refractivity contribution is 6.30. The van der Waals surface area contributed by atoms with Gasteiger partial charge in [-0.3, -0.25) is 9.69 Å². The van der Waals surface area contributed by atoms with Crippen LogP contribution < -0.4 is 5.32 Å². The molecule has 3 rings (SSSR count). The molecule has 0 saturated carbocycles. The molecule has 26 heavy (non-hydrogen) atoms. The Bertz CT molecular complexity index is 691. The number of likely N-dealkylation sites (tertiary alicyclic amines) is 1. The summed E-state index contributed by atoms with van der Waals surface area (Å²) in [4.78, 5) is 14.8. The lowest BCUT2D eigenvalue weighted by molar-refractivity contribution is 0.0953. The fraction of sp³-hybridized carbons (Fsp3) is 0.409. The number of amides is 1. The number of halogens is 1. The summed E-state index contributed by atoms with van der Waals surface area (Å²) in [7, 11) is 0. The smallest absolute Gasteiger partial charge is 0.251 e. The fourth-order valence-electron chi connectivity index (χ4n) is 3.38. The number of hydrogen-bond donors (Lipinski definition) is 1. The van der Waals surface area contributed by atoms with E-state index in [-0.39, 0.29) is 5.91 Å². The second-order valence-electron chi connectivity index (χ2n) is 7.02. The van der Waals surface area contributed by atoms with Gasteiger partial charge in [0.05, 0.1) is 0 Å². The Labute approximate surface area is 161 Å². The van der Waals surface area contributed by atoms with Gasteiger partial charge >= 0.3 is 0 Å². The Hall–Kier alpha value is -1.84. The van der Waals surface area contributed by atoms with Crippen molar-refractivity contribution in [2.24, 2.45) is 0 Å². The molecule has 1 aliphatic heterocycles. The van der Waals surface area contributed by atoms with Crippen LogP contribution in [0.2, 0.25) is 5.02 Å². The zero-order chi connectivity index (χ0) is 18.2. The van der Waals surface area contributed by atoms with Gasteiger partial charge in [0, 0.05) is 23.7 Å². The van der Waals surface area contributed by atoms with Gasteiger partial charge in [0.25, 0.3) is 5.91 Å². The van der Waals surface area contributed by atoms with Gasteiger partial charge in [-0.2, -0.15) is 0 Å². The Kier molecular flexibility index (Phi) is 7.10. The van der Waals surface area contributed by atoms with E-state index in [9.17, 15) is 4.79 Å². The normalized spacial score (nSPS) is 15.0. The second-order valence-corrected chi connectivity index (χ2v) is 7.46. The largest absolute Gasteiger partial charge is 0.352 e. The predicted octanol–water partition coefficient (Wildman–Crippen LogP) is 4.69. The molecule has 4 heteroatoms. The van der Waals surface area contributed by atoms with E-state index >= 15 is 0 Å². The fourth-order valence-corrected chi connectivity index (χ4v) is 3.51. The maximum atomic E-state index is 12.3. The van der Waals surface area contributed by atoms with E-state index in [4.69, 9.17) is 11.6 Å². The monoisotopic (exact) mass is 370 g/mol. The van der Waals surface area contributed by atoms with Crippen molar-refractivity contribution >= 4 is 17.5 Å². The Morgan fingerprint density at radius 2 is 1.58 bits per heavy atom. The van der Waals surface area contributed by atoms with Gasteiger partial charge in [0.1, 0.15) is 0 Å². The number of aryl methyl sites for hydroxylation is 1. The summed E-state index contributed by atoms with van der Waals surface area (Å²) in [6, 6.07) is 15.9. The molecular weight excluding hydrogens is 344 g/mol. The first-order valence-electron chi connectivity index (χ1n) is 9.55. The molecule has 1 N–H and O–H groups in total. The summed E-state index contributed by atoms with van der Waals surface area (Å²) >= 11 is 5.89. The van der Waals surface area contributed by atoms with Gasteiger partial charge in [-0.15, -0.1) is 0 Å². The number of hydrogen-bond acceptors (Lipinski definition) is 2. The van der Waals surface area contributed by atoms with Gasteiger partial charge in [-0.25, -0.2) is 0 Å². The Morgan fingerprint density at radius 3 is 2.27 bits per heavy atom. The summed E-state index contributed by atoms with van der Waals surface area (Å²) < 4.78 is 0. The third-order valence-corrected chi connectivity index (χ3v) is 5.16. The lowest BCUT2D eigenvalue weighted by atomic mass is 10.1. The number of carbonyl (C=O) groups excluding carboxylic acids is 1. The van der Waals surface area contributed by atoms with Crippen LogP contribution in [0.5, 0.6) is 0 Å². The molecule has 0 aliphatic carbocycles. The Balaban J connectivity index is 1.40. The second kappa shape index (κ2) is 9.75. The quantitative estimate of drug-likeness (QED) is 0.717. The highest BCUT2D eigenvalue weighted by atomic mass is 35.5. The number of rotatable bonds is 7. The lowest BCUT2D eigenvalue weighted by Crippen LogP contribution is -2.29. The first kappa shape index (κ1) is 18.9. The molecule has 0 spiro atoms. The number of benzene rings is 2. The van der Waals surface area contributed by atoms with Crippen LogP contribution in [0.15, 0.2) is 48.5 Å². The zero-order valence-corrected chi connectivity index (χ0v) is 16.0. The number of nitrogens with one attached hydrogen (secondary N) is 1. The van der Waals surface area contributed by atoms with E-state index in [1.807, 2.05) is 36.4 Å². The van der Waals surface area contributed by atoms with Crippen LogP contribution >= 0.6 is 11.6 Å². The van der Waals surface area contributed by atoms with Crippen LogP contribution in [0, 0.1) is 0 Å². The van der Waals surface area contributed by atoms with Crippen LogP contribution in [0.3, 0.4) is 0 Å². The topological polar surface area (TPSA) is 32.3 Å². The van der Waals surface area contributed by atoms with Crippen molar-refractivity contribution in [1.82, 2.24) is 10.2 Å². The summed E-state index contributed by atoms with van der Waals surface area (Å²) in [6.45, 7) is 4.05. The third-order valence-electron chi connectivity index (χ3n) is 4.91. The maximum absolute atomic E-state index is 12.3. The summed E-state index contributed by atoms with van der Waals surface area (Å²) in [5, 5.41) is 3.76. The number of nitrogens with zero attached hydrogens (tertiary/aromatic N) is 1. The van der Waals surface area contributed by atoms with Crippen LogP contribution in [0.25, 0.3) is 0 Å². The van der Waals surface area contributed by atoms with E-state index in [1.54, 1.807) is 0 Å². The predicted molar refractivity (Wildman–Crippen MR) is 108 cm³/mol. The molecule has 0 radical (unpaired) electrons. The first-order chi connectivity index (χ1) is 12.7. The minimum Gasteiger partial charge on any atom is -0.352 e. The SMILES string of the molecule is O=C(NCCCc1ccc(Cl)cc1)c1ccc(CN2CCCCC2)cc1. The summed E-state index contributed by atoms with van der Waals surface area (Å²) in [5.41, 5.74) is 3.26. The molecule has 138 valence electrons. The average molecular weight is 371 g/mol. The van der Waals surface area contributed by atoms with Crippen molar-refractivity contribution in [3.63, 3.8) is 0 Å². The Morgan fingerprint density at radius 1 is 0.923 bits per heavy atom. The van der Waals surface area contributed by atoms with E-state index in [1.165, 1.54) is 43.5 Å². The molecule has 1 aliphatic rings. The zero-order valence-electron chi connectivity index (χ0n) is 15.2. The van der Waals surface area contributed by atoms with Gasteiger partial charge in [0.15, 0.2) is 0 Å². The van der Waals surface area contributed by atoms with Gasteiger partial charge < -0.3 is 5.32 Å². The van der Waals surface area contributed by atoms with Crippen molar-refractivity contribution in [3.05, 3.63) is 70.2 Å². The average Bonchev–Trinajstić information content (AvgIpc) is 2.68. The van der Waals surface area contributed by atoms with Crippen molar-refractivity contribution in [2.45, 2.75) is 38.6 Å². The number of carbonyl (C=O) groups is 1. The molecule has 1 saturated heterocycles. The summed E-state index contributed by atoms with van der Waals surface area (Å²) in [6.07, 6.45) is 5.81. The van der Waals surface area contributed by atoms with Crippen molar-refractivity contribution in [1.29, 1.82) is 0 Å². The van der Waals surface area contributed by atoms with Crippen LogP contribution in [0.1, 0.15) is 47.2 Å². The minimum atomic E-state index is 0.00521. The molecule has 0 aromatic heterocycles. The molecule has 1 amide bonds. The molecule has 1 fully saturated rings. The standard InChI is InChI=1S/C22H27ClN2O/c23-21-12-8-18(9-13-21)5-4-14-24-22(26)20-10-6-19(7-11-20)17-25-15-2-1-3-16-25/h6-13H,1-5,14-17H2,(H,24,26). The van der Waals surface area contributed by atoms with Gasteiger partial charge in [0.2, 0.25) is 0 Å². The van der Waals surface area contributed by atoms with E-state index in [0.717, 1.165) is 30.0 Å². The molecule has 3 nitrogen and oxygen atoms in total. The van der Waals surface area contributed by atoms with Gasteiger partial charge in [-0.1, -0.05) is 42.3 Å². The third kappa shape index (κ3) is 5.86. The molecule has 2 aromatic rings. The number of piperidine rings is 1.